The van der Waals surface area contributed by atoms with Gasteiger partial charge in [-0.15, -0.1) is 0 Å². The number of carbonyl (C=O) groups excluding carboxylic acids is 1. The van der Waals surface area contributed by atoms with E-state index >= 15 is 0 Å². The van der Waals surface area contributed by atoms with Crippen LogP contribution in [0.3, 0.4) is 0 Å². The predicted octanol–water partition coefficient (Wildman–Crippen LogP) is 0.834. The van der Waals surface area contributed by atoms with E-state index in [0.717, 1.165) is 12.0 Å². The van der Waals surface area contributed by atoms with Crippen LogP contribution in [-0.2, 0) is 11.2 Å². The SMILES string of the molecule is CCCC(N)C(=O)NCC(O)Cc1ccccc1. The van der Waals surface area contributed by atoms with Crippen LogP contribution in [0.1, 0.15) is 25.3 Å². The van der Waals surface area contributed by atoms with Crippen LogP contribution in [0, 0.1) is 0 Å². The fourth-order valence-corrected chi connectivity index (χ4v) is 1.75. The van der Waals surface area contributed by atoms with Crippen LogP contribution in [0.5, 0.6) is 0 Å². The van der Waals surface area contributed by atoms with Crippen molar-refractivity contribution in [3.8, 4) is 0 Å². The summed E-state index contributed by atoms with van der Waals surface area (Å²) >= 11 is 0. The van der Waals surface area contributed by atoms with Crippen molar-refractivity contribution in [1.29, 1.82) is 0 Å². The Balaban J connectivity index is 2.29. The van der Waals surface area contributed by atoms with Crippen LogP contribution in [0.25, 0.3) is 0 Å². The van der Waals surface area contributed by atoms with Crippen molar-refractivity contribution in [3.63, 3.8) is 0 Å². The number of nitrogens with two attached hydrogens (primary N) is 1. The van der Waals surface area contributed by atoms with Gasteiger partial charge in [0.05, 0.1) is 12.1 Å². The van der Waals surface area contributed by atoms with Crippen LogP contribution in [-0.4, -0.2) is 29.7 Å². The average molecular weight is 250 g/mol. The highest BCUT2D eigenvalue weighted by Gasteiger charge is 2.13. The molecule has 0 saturated carbocycles. The second-order valence-corrected chi connectivity index (χ2v) is 4.48. The van der Waals surface area contributed by atoms with Crippen LogP contribution >= 0.6 is 0 Å². The number of carbonyl (C=O) groups is 1. The first kappa shape index (κ1) is 14.7. The minimum Gasteiger partial charge on any atom is -0.391 e. The maximum atomic E-state index is 11.5. The molecule has 100 valence electrons. The van der Waals surface area contributed by atoms with Crippen molar-refractivity contribution in [2.45, 2.75) is 38.3 Å². The molecule has 0 heterocycles. The number of hydrogen-bond acceptors (Lipinski definition) is 3. The maximum Gasteiger partial charge on any atom is 0.237 e. The Morgan fingerprint density at radius 2 is 2.06 bits per heavy atom. The first-order chi connectivity index (χ1) is 8.63. The average Bonchev–Trinajstić information content (AvgIpc) is 2.37. The van der Waals surface area contributed by atoms with Crippen molar-refractivity contribution >= 4 is 5.91 Å². The lowest BCUT2D eigenvalue weighted by atomic mass is 10.1. The Morgan fingerprint density at radius 3 is 2.67 bits per heavy atom. The quantitative estimate of drug-likeness (QED) is 0.671. The van der Waals surface area contributed by atoms with Gasteiger partial charge in [-0.25, -0.2) is 0 Å². The van der Waals surface area contributed by atoms with E-state index < -0.39 is 12.1 Å². The number of aliphatic hydroxyl groups excluding tert-OH is 1. The second kappa shape index (κ2) is 7.84. The Hall–Kier alpha value is -1.39. The molecule has 1 amide bonds. The zero-order chi connectivity index (χ0) is 13.4. The third-order valence-corrected chi connectivity index (χ3v) is 2.76. The number of aliphatic hydroxyl groups is 1. The lowest BCUT2D eigenvalue weighted by Crippen LogP contribution is -2.43. The fourth-order valence-electron chi connectivity index (χ4n) is 1.75. The standard InChI is InChI=1S/C14H22N2O2/c1-2-6-13(15)14(18)16-10-12(17)9-11-7-4-3-5-8-11/h3-5,7-8,12-13,17H,2,6,9-10,15H2,1H3,(H,16,18). The summed E-state index contributed by atoms with van der Waals surface area (Å²) in [7, 11) is 0. The Bertz CT molecular complexity index is 354. The van der Waals surface area contributed by atoms with Gasteiger partial charge < -0.3 is 16.2 Å². The topological polar surface area (TPSA) is 75.4 Å². The third-order valence-electron chi connectivity index (χ3n) is 2.76. The molecule has 0 bridgehead atoms. The maximum absolute atomic E-state index is 11.5. The molecule has 4 nitrogen and oxygen atoms in total. The van der Waals surface area contributed by atoms with Gasteiger partial charge in [-0.3, -0.25) is 4.79 Å². The number of nitrogens with one attached hydrogen (secondary N) is 1. The molecule has 1 rings (SSSR count). The van der Waals surface area contributed by atoms with Crippen LogP contribution in [0.4, 0.5) is 0 Å². The van der Waals surface area contributed by atoms with Crippen LogP contribution in [0.2, 0.25) is 0 Å². The van der Waals surface area contributed by atoms with Gasteiger partial charge >= 0.3 is 0 Å². The van der Waals surface area contributed by atoms with Gasteiger partial charge in [0.15, 0.2) is 0 Å². The van der Waals surface area contributed by atoms with E-state index in [0.29, 0.717) is 12.8 Å². The Morgan fingerprint density at radius 1 is 1.39 bits per heavy atom. The molecule has 0 aliphatic rings. The highest BCUT2D eigenvalue weighted by molar-refractivity contribution is 5.81. The van der Waals surface area contributed by atoms with E-state index in [1.165, 1.54) is 0 Å². The minimum absolute atomic E-state index is 0.191. The molecule has 0 aromatic heterocycles. The molecule has 0 aliphatic heterocycles. The van der Waals surface area contributed by atoms with Crippen molar-refractivity contribution in [2.75, 3.05) is 6.54 Å². The third kappa shape index (κ3) is 5.29. The van der Waals surface area contributed by atoms with Gasteiger partial charge in [0.2, 0.25) is 5.91 Å². The molecule has 0 radical (unpaired) electrons. The molecule has 4 N–H and O–H groups in total. The van der Waals surface area contributed by atoms with Crippen LogP contribution < -0.4 is 11.1 Å². The monoisotopic (exact) mass is 250 g/mol. The van der Waals surface area contributed by atoms with Crippen molar-refractivity contribution in [3.05, 3.63) is 35.9 Å². The summed E-state index contributed by atoms with van der Waals surface area (Å²) in [5, 5.41) is 12.5. The van der Waals surface area contributed by atoms with Gasteiger partial charge in [0, 0.05) is 13.0 Å². The summed E-state index contributed by atoms with van der Waals surface area (Å²) < 4.78 is 0. The number of hydrogen-bond donors (Lipinski definition) is 3. The normalized spacial score (nSPS) is 13.9. The highest BCUT2D eigenvalue weighted by atomic mass is 16.3. The Kier molecular flexibility index (Phi) is 6.39. The van der Waals surface area contributed by atoms with Crippen molar-refractivity contribution in [2.24, 2.45) is 5.73 Å². The summed E-state index contributed by atoms with van der Waals surface area (Å²) in [6.07, 6.45) is 1.50. The van der Waals surface area contributed by atoms with Gasteiger partial charge in [0.25, 0.3) is 0 Å². The summed E-state index contributed by atoms with van der Waals surface area (Å²) in [4.78, 5) is 11.5. The lowest BCUT2D eigenvalue weighted by Gasteiger charge is -2.14. The fraction of sp³-hybridized carbons (Fsp3) is 0.500. The van der Waals surface area contributed by atoms with Gasteiger partial charge in [-0.2, -0.15) is 0 Å². The largest absolute Gasteiger partial charge is 0.391 e. The van der Waals surface area contributed by atoms with Crippen molar-refractivity contribution < 1.29 is 9.90 Å². The molecular weight excluding hydrogens is 228 g/mol. The smallest absolute Gasteiger partial charge is 0.237 e. The van der Waals surface area contributed by atoms with E-state index in [9.17, 15) is 9.90 Å². The Labute approximate surface area is 108 Å². The second-order valence-electron chi connectivity index (χ2n) is 4.48. The highest BCUT2D eigenvalue weighted by Crippen LogP contribution is 2.02. The van der Waals surface area contributed by atoms with Gasteiger partial charge in [-0.05, 0) is 12.0 Å². The molecule has 2 atom stereocenters. The molecular formula is C14H22N2O2. The molecule has 18 heavy (non-hydrogen) atoms. The van der Waals surface area contributed by atoms with Gasteiger partial charge in [0.1, 0.15) is 0 Å². The number of amides is 1. The molecule has 0 aliphatic carbocycles. The minimum atomic E-state index is -0.579. The summed E-state index contributed by atoms with van der Waals surface area (Å²) in [5.41, 5.74) is 6.73. The van der Waals surface area contributed by atoms with E-state index in [1.807, 2.05) is 37.3 Å². The molecule has 1 aromatic carbocycles. The van der Waals surface area contributed by atoms with Crippen molar-refractivity contribution in [1.82, 2.24) is 5.32 Å². The van der Waals surface area contributed by atoms with E-state index in [-0.39, 0.29) is 12.5 Å². The number of rotatable bonds is 7. The number of benzene rings is 1. The zero-order valence-corrected chi connectivity index (χ0v) is 10.8. The van der Waals surface area contributed by atoms with Crippen LogP contribution in [0.15, 0.2) is 30.3 Å². The van der Waals surface area contributed by atoms with E-state index in [2.05, 4.69) is 5.32 Å². The predicted molar refractivity (Wildman–Crippen MR) is 72.0 cm³/mol. The lowest BCUT2D eigenvalue weighted by molar-refractivity contribution is -0.122. The summed E-state index contributed by atoms with van der Waals surface area (Å²) in [5.74, 6) is -0.191. The zero-order valence-electron chi connectivity index (χ0n) is 10.8. The molecule has 4 heteroatoms. The van der Waals surface area contributed by atoms with E-state index in [1.54, 1.807) is 0 Å². The molecule has 0 spiro atoms. The molecule has 2 unspecified atom stereocenters. The van der Waals surface area contributed by atoms with E-state index in [4.69, 9.17) is 5.73 Å². The summed E-state index contributed by atoms with van der Waals surface area (Å²) in [6, 6.07) is 9.22. The molecule has 1 aromatic rings. The summed E-state index contributed by atoms with van der Waals surface area (Å²) in [6.45, 7) is 2.22. The first-order valence-corrected chi connectivity index (χ1v) is 6.38. The molecule has 0 fully saturated rings. The molecule has 0 saturated heterocycles. The van der Waals surface area contributed by atoms with Gasteiger partial charge in [-0.1, -0.05) is 43.7 Å². The first-order valence-electron chi connectivity index (χ1n) is 6.38.